The van der Waals surface area contributed by atoms with Crippen LogP contribution in [-0.4, -0.2) is 37.4 Å². The van der Waals surface area contributed by atoms with Crippen molar-refractivity contribution < 1.29 is 4.39 Å². The molecule has 0 radical (unpaired) electrons. The maximum absolute atomic E-state index is 13.2. The van der Waals surface area contributed by atoms with Crippen LogP contribution in [-0.2, 0) is 12.8 Å². The van der Waals surface area contributed by atoms with Crippen molar-refractivity contribution in [1.82, 2.24) is 4.90 Å². The normalized spacial score (nSPS) is 22.7. The van der Waals surface area contributed by atoms with Crippen LogP contribution in [0.15, 0.2) is 29.3 Å². The van der Waals surface area contributed by atoms with Gasteiger partial charge in [0.15, 0.2) is 0 Å². The Labute approximate surface area is 157 Å². The second-order valence-electron chi connectivity index (χ2n) is 7.25. The van der Waals surface area contributed by atoms with E-state index >= 15 is 0 Å². The number of halogens is 1. The van der Waals surface area contributed by atoms with Gasteiger partial charge in [-0.25, -0.2) is 4.39 Å². The summed E-state index contributed by atoms with van der Waals surface area (Å²) in [6, 6.07) is 6.84. The molecule has 6 heteroatoms. The first-order chi connectivity index (χ1) is 12.8. The smallest absolute Gasteiger partial charge is 0.133 e. The Morgan fingerprint density at radius 3 is 2.62 bits per heavy atom. The molecule has 5 rings (SSSR count). The van der Waals surface area contributed by atoms with Gasteiger partial charge in [0.05, 0.1) is 6.34 Å². The summed E-state index contributed by atoms with van der Waals surface area (Å²) in [7, 11) is 0. The van der Waals surface area contributed by atoms with Gasteiger partial charge in [0.1, 0.15) is 17.0 Å². The molecule has 1 fully saturated rings. The molecule has 1 aliphatic carbocycles. The van der Waals surface area contributed by atoms with E-state index in [9.17, 15) is 4.39 Å². The predicted molar refractivity (Wildman–Crippen MR) is 106 cm³/mol. The minimum Gasteiger partial charge on any atom is -0.369 e. The summed E-state index contributed by atoms with van der Waals surface area (Å²) in [4.78, 5) is 11.2. The van der Waals surface area contributed by atoms with Gasteiger partial charge in [-0.15, -0.1) is 11.3 Å². The first-order valence-electron chi connectivity index (χ1n) is 9.47. The summed E-state index contributed by atoms with van der Waals surface area (Å²) in [5.41, 5.74) is 4.10. The molecule has 1 unspecified atom stereocenters. The summed E-state index contributed by atoms with van der Waals surface area (Å²) >= 11 is 1.93. The van der Waals surface area contributed by atoms with Crippen LogP contribution in [0.1, 0.15) is 35.0 Å². The van der Waals surface area contributed by atoms with Crippen molar-refractivity contribution in [2.75, 3.05) is 36.4 Å². The number of aliphatic imine (C=N–C) groups is 1. The van der Waals surface area contributed by atoms with Crippen LogP contribution in [0.25, 0.3) is 0 Å². The van der Waals surface area contributed by atoms with Gasteiger partial charge >= 0.3 is 0 Å². The second-order valence-corrected chi connectivity index (χ2v) is 8.35. The molecule has 1 aromatic carbocycles. The molecular weight excluding hydrogens is 347 g/mol. The van der Waals surface area contributed by atoms with E-state index in [0.717, 1.165) is 31.9 Å². The average Bonchev–Trinajstić information content (AvgIpc) is 3.07. The summed E-state index contributed by atoms with van der Waals surface area (Å²) in [6.07, 6.45) is 7.06. The fourth-order valence-corrected chi connectivity index (χ4v) is 5.64. The van der Waals surface area contributed by atoms with E-state index in [1.165, 1.54) is 36.2 Å². The second kappa shape index (κ2) is 6.67. The number of rotatable bonds is 2. The predicted octanol–water partition coefficient (Wildman–Crippen LogP) is 4.04. The largest absolute Gasteiger partial charge is 0.369 e. The maximum Gasteiger partial charge on any atom is 0.133 e. The summed E-state index contributed by atoms with van der Waals surface area (Å²) in [5.74, 6) is -0.175. The topological polar surface area (TPSA) is 30.9 Å². The number of aryl methyl sites for hydroxylation is 1. The number of hydrogen-bond acceptors (Lipinski definition) is 5. The van der Waals surface area contributed by atoms with Gasteiger partial charge in [0, 0.05) is 42.3 Å². The number of piperazine rings is 1. The minimum absolute atomic E-state index is 0.153. The van der Waals surface area contributed by atoms with Crippen LogP contribution in [0.4, 0.5) is 15.1 Å². The van der Waals surface area contributed by atoms with E-state index in [4.69, 9.17) is 4.99 Å². The third-order valence-electron chi connectivity index (χ3n) is 5.73. The van der Waals surface area contributed by atoms with Crippen LogP contribution < -0.4 is 10.2 Å². The number of anilines is 2. The van der Waals surface area contributed by atoms with Gasteiger partial charge < -0.3 is 10.2 Å². The fourth-order valence-electron chi connectivity index (χ4n) is 4.37. The van der Waals surface area contributed by atoms with E-state index in [0.29, 0.717) is 0 Å². The molecule has 0 amide bonds. The molecular formula is C20H23FN4S. The van der Waals surface area contributed by atoms with Crippen molar-refractivity contribution in [2.45, 2.75) is 31.8 Å². The van der Waals surface area contributed by atoms with Crippen molar-refractivity contribution in [3.05, 3.63) is 46.1 Å². The lowest BCUT2D eigenvalue weighted by Gasteiger charge is -2.40. The Morgan fingerprint density at radius 1 is 1.04 bits per heavy atom. The van der Waals surface area contributed by atoms with Crippen LogP contribution in [0.2, 0.25) is 0 Å². The zero-order chi connectivity index (χ0) is 17.5. The molecule has 1 aromatic heterocycles. The Morgan fingerprint density at radius 2 is 1.81 bits per heavy atom. The van der Waals surface area contributed by atoms with E-state index in [1.807, 2.05) is 29.8 Å². The molecule has 136 valence electrons. The molecule has 0 spiro atoms. The van der Waals surface area contributed by atoms with Gasteiger partial charge in [0.2, 0.25) is 0 Å². The van der Waals surface area contributed by atoms with Gasteiger partial charge in [-0.1, -0.05) is 0 Å². The molecule has 1 saturated heterocycles. The van der Waals surface area contributed by atoms with E-state index < -0.39 is 0 Å². The Balaban J connectivity index is 1.34. The number of fused-ring (bicyclic) bond motifs is 3. The highest BCUT2D eigenvalue weighted by Gasteiger charge is 2.33. The van der Waals surface area contributed by atoms with Gasteiger partial charge in [0.25, 0.3) is 0 Å². The molecule has 1 N–H and O–H groups in total. The van der Waals surface area contributed by atoms with Gasteiger partial charge in [-0.2, -0.15) is 0 Å². The van der Waals surface area contributed by atoms with Crippen LogP contribution in [0, 0.1) is 5.82 Å². The minimum atomic E-state index is -0.175. The molecule has 4 nitrogen and oxygen atoms in total. The molecule has 0 bridgehead atoms. The zero-order valence-corrected chi connectivity index (χ0v) is 15.6. The summed E-state index contributed by atoms with van der Waals surface area (Å²) in [5, 5.41) is 4.69. The third-order valence-corrected chi connectivity index (χ3v) is 6.97. The van der Waals surface area contributed by atoms with Crippen molar-refractivity contribution in [1.29, 1.82) is 0 Å². The van der Waals surface area contributed by atoms with E-state index in [2.05, 4.69) is 15.1 Å². The van der Waals surface area contributed by atoms with Crippen LogP contribution in [0.5, 0.6) is 0 Å². The monoisotopic (exact) mass is 370 g/mol. The molecule has 3 aliphatic rings. The zero-order valence-electron chi connectivity index (χ0n) is 14.7. The van der Waals surface area contributed by atoms with Gasteiger partial charge in [-0.05, 0) is 55.5 Å². The Kier molecular flexibility index (Phi) is 4.17. The highest BCUT2D eigenvalue weighted by atomic mass is 32.1. The average molecular weight is 370 g/mol. The lowest BCUT2D eigenvalue weighted by atomic mass is 9.93. The lowest BCUT2D eigenvalue weighted by molar-refractivity contribution is 0.191. The van der Waals surface area contributed by atoms with Crippen molar-refractivity contribution in [3.63, 3.8) is 0 Å². The molecule has 3 heterocycles. The first kappa shape index (κ1) is 16.3. The molecule has 0 saturated carbocycles. The maximum atomic E-state index is 13.2. The lowest BCUT2D eigenvalue weighted by Crippen LogP contribution is -2.48. The SMILES string of the molecule is Fc1ccc(N2CCN(C3N=CNc4sc5c(c43)CCCC5)CC2)cc1. The van der Waals surface area contributed by atoms with Crippen molar-refractivity contribution in [3.8, 4) is 0 Å². The number of nitrogens with one attached hydrogen (secondary N) is 1. The summed E-state index contributed by atoms with van der Waals surface area (Å²) < 4.78 is 13.2. The van der Waals surface area contributed by atoms with Gasteiger partial charge in [-0.3, -0.25) is 9.89 Å². The van der Waals surface area contributed by atoms with Crippen LogP contribution >= 0.6 is 11.3 Å². The standard InChI is InChI=1S/C20H23FN4S/c21-14-5-7-15(8-6-14)24-9-11-25(12-10-24)19-18-16-3-1-2-4-17(16)26-20(18)23-13-22-19/h5-8,13,19H,1-4,9-12H2,(H,22,23). The first-order valence-corrected chi connectivity index (χ1v) is 10.3. The Bertz CT molecular complexity index is 821. The molecule has 2 aromatic rings. The highest BCUT2D eigenvalue weighted by molar-refractivity contribution is 7.16. The number of hydrogen-bond donors (Lipinski definition) is 1. The summed E-state index contributed by atoms with van der Waals surface area (Å²) in [6.45, 7) is 3.85. The third kappa shape index (κ3) is 2.81. The molecule has 1 atom stereocenters. The van der Waals surface area contributed by atoms with E-state index in [1.54, 1.807) is 22.6 Å². The molecule has 2 aliphatic heterocycles. The van der Waals surface area contributed by atoms with Crippen molar-refractivity contribution in [2.24, 2.45) is 4.99 Å². The van der Waals surface area contributed by atoms with E-state index in [-0.39, 0.29) is 12.0 Å². The van der Waals surface area contributed by atoms with Crippen LogP contribution in [0.3, 0.4) is 0 Å². The number of benzene rings is 1. The fraction of sp³-hybridized carbons (Fsp3) is 0.450. The quantitative estimate of drug-likeness (QED) is 0.866. The number of nitrogens with zero attached hydrogens (tertiary/aromatic N) is 3. The number of thiophene rings is 1. The van der Waals surface area contributed by atoms with Crippen molar-refractivity contribution >= 4 is 28.4 Å². The molecule has 26 heavy (non-hydrogen) atoms. The Hall–Kier alpha value is -1.92. The highest BCUT2D eigenvalue weighted by Crippen LogP contribution is 2.44.